The van der Waals surface area contributed by atoms with Crippen LogP contribution in [0.1, 0.15) is 50.8 Å². The summed E-state index contributed by atoms with van der Waals surface area (Å²) in [5.41, 5.74) is 4.16. The third-order valence-electron chi connectivity index (χ3n) is 5.83. The second-order valence-corrected chi connectivity index (χ2v) is 9.48. The van der Waals surface area contributed by atoms with Crippen molar-refractivity contribution in [2.75, 3.05) is 5.32 Å². The van der Waals surface area contributed by atoms with Gasteiger partial charge in [-0.2, -0.15) is 0 Å². The van der Waals surface area contributed by atoms with Crippen molar-refractivity contribution in [1.82, 2.24) is 10.3 Å². The molecule has 1 aliphatic carbocycles. The number of allylic oxidation sites excluding steroid dienone is 3. The third-order valence-corrected chi connectivity index (χ3v) is 6.17. The quantitative estimate of drug-likeness (QED) is 0.687. The van der Waals surface area contributed by atoms with E-state index in [2.05, 4.69) is 29.5 Å². The zero-order chi connectivity index (χ0) is 22.3. The molecule has 2 heterocycles. The number of amides is 1. The summed E-state index contributed by atoms with van der Waals surface area (Å²) in [4.78, 5) is 31.2. The molecule has 5 nitrogen and oxygen atoms in total. The molecule has 1 aromatic heterocycles. The second-order valence-electron chi connectivity index (χ2n) is 9.07. The molecule has 0 spiro atoms. The summed E-state index contributed by atoms with van der Waals surface area (Å²) in [6, 6.07) is 12.9. The van der Waals surface area contributed by atoms with Gasteiger partial charge in [0.2, 0.25) is 0 Å². The second kappa shape index (κ2) is 7.97. The lowest BCUT2D eigenvalue weighted by Gasteiger charge is -2.39. The molecule has 2 N–H and O–H groups in total. The first-order valence-corrected chi connectivity index (χ1v) is 10.8. The number of dihydropyridines is 1. The van der Waals surface area contributed by atoms with Crippen LogP contribution < -0.4 is 10.6 Å². The van der Waals surface area contributed by atoms with Crippen molar-refractivity contribution in [2.24, 2.45) is 5.41 Å². The molecule has 0 unspecified atom stereocenters. The van der Waals surface area contributed by atoms with Crippen LogP contribution >= 0.6 is 11.6 Å². The van der Waals surface area contributed by atoms with Crippen molar-refractivity contribution in [3.8, 4) is 0 Å². The number of anilines is 1. The van der Waals surface area contributed by atoms with Gasteiger partial charge >= 0.3 is 0 Å². The average molecular weight is 436 g/mol. The number of halogens is 1. The number of aryl methyl sites for hydroxylation is 1. The van der Waals surface area contributed by atoms with Crippen molar-refractivity contribution in [1.29, 1.82) is 0 Å². The Morgan fingerprint density at radius 1 is 1.13 bits per heavy atom. The molecule has 1 aromatic carbocycles. The predicted molar refractivity (Wildman–Crippen MR) is 123 cm³/mol. The molecule has 0 bridgehead atoms. The number of aromatic nitrogens is 1. The maximum absolute atomic E-state index is 13.5. The zero-order valence-corrected chi connectivity index (χ0v) is 18.9. The molecule has 0 fully saturated rings. The third kappa shape index (κ3) is 4.15. The first kappa shape index (κ1) is 21.3. The Morgan fingerprint density at radius 2 is 1.87 bits per heavy atom. The Morgan fingerprint density at radius 3 is 2.58 bits per heavy atom. The molecule has 4 rings (SSSR count). The van der Waals surface area contributed by atoms with Crippen LogP contribution in [-0.4, -0.2) is 16.7 Å². The van der Waals surface area contributed by atoms with Gasteiger partial charge in [-0.3, -0.25) is 9.59 Å². The number of carbonyl (C=O) groups excluding carboxylic acids is 2. The summed E-state index contributed by atoms with van der Waals surface area (Å²) in [6.07, 6.45) is 1.17. The normalized spacial score (nSPS) is 20.3. The lowest BCUT2D eigenvalue weighted by Crippen LogP contribution is -2.39. The zero-order valence-electron chi connectivity index (χ0n) is 18.2. The number of carbonyl (C=O) groups is 2. The molecular formula is C25H26ClN3O2. The van der Waals surface area contributed by atoms with Gasteiger partial charge in [0.15, 0.2) is 5.78 Å². The van der Waals surface area contributed by atoms with Gasteiger partial charge in [-0.25, -0.2) is 4.98 Å². The lowest BCUT2D eigenvalue weighted by atomic mass is 9.68. The van der Waals surface area contributed by atoms with Crippen molar-refractivity contribution in [3.63, 3.8) is 0 Å². The molecule has 0 radical (unpaired) electrons. The number of ketones is 1. The predicted octanol–water partition coefficient (Wildman–Crippen LogP) is 5.29. The van der Waals surface area contributed by atoms with E-state index in [-0.39, 0.29) is 17.1 Å². The van der Waals surface area contributed by atoms with Crippen LogP contribution in [0.15, 0.2) is 65.0 Å². The Hall–Kier alpha value is -2.92. The van der Waals surface area contributed by atoms with Crippen molar-refractivity contribution < 1.29 is 9.59 Å². The number of rotatable bonds is 3. The highest BCUT2D eigenvalue weighted by atomic mass is 35.5. The van der Waals surface area contributed by atoms with Gasteiger partial charge in [0.1, 0.15) is 5.82 Å². The molecule has 1 aliphatic heterocycles. The topological polar surface area (TPSA) is 71.1 Å². The van der Waals surface area contributed by atoms with Crippen molar-refractivity contribution in [3.05, 3.63) is 81.3 Å². The van der Waals surface area contributed by atoms with Gasteiger partial charge < -0.3 is 10.6 Å². The number of nitrogens with one attached hydrogen (secondary N) is 2. The number of nitrogens with zero attached hydrogens (tertiary/aromatic N) is 1. The van der Waals surface area contributed by atoms with Gasteiger partial charge in [-0.1, -0.05) is 49.7 Å². The first-order valence-electron chi connectivity index (χ1n) is 10.4. The largest absolute Gasteiger partial charge is 0.362 e. The van der Waals surface area contributed by atoms with E-state index in [0.29, 0.717) is 28.4 Å². The van der Waals surface area contributed by atoms with E-state index in [9.17, 15) is 9.59 Å². The Bertz CT molecular complexity index is 1150. The fourth-order valence-corrected chi connectivity index (χ4v) is 4.80. The molecular weight excluding hydrogens is 410 g/mol. The lowest BCUT2D eigenvalue weighted by molar-refractivity contribution is -0.118. The van der Waals surface area contributed by atoms with E-state index in [1.165, 1.54) is 0 Å². The molecule has 6 heteroatoms. The van der Waals surface area contributed by atoms with Crippen LogP contribution in [0.25, 0.3) is 0 Å². The summed E-state index contributed by atoms with van der Waals surface area (Å²) in [6.45, 7) is 7.92. The molecule has 2 aliphatic rings. The van der Waals surface area contributed by atoms with Crippen LogP contribution in [-0.2, 0) is 9.59 Å². The Kier molecular flexibility index (Phi) is 5.48. The van der Waals surface area contributed by atoms with Crippen LogP contribution in [0.4, 0.5) is 5.82 Å². The van der Waals surface area contributed by atoms with Gasteiger partial charge in [-0.15, -0.1) is 0 Å². The van der Waals surface area contributed by atoms with E-state index in [0.717, 1.165) is 29.1 Å². The summed E-state index contributed by atoms with van der Waals surface area (Å²) in [5.74, 6) is -0.301. The fourth-order valence-electron chi connectivity index (χ4n) is 4.55. The van der Waals surface area contributed by atoms with Crippen molar-refractivity contribution in [2.45, 2.75) is 46.5 Å². The average Bonchev–Trinajstić information content (AvgIpc) is 2.66. The summed E-state index contributed by atoms with van der Waals surface area (Å²) in [7, 11) is 0. The fraction of sp³-hybridized carbons (Fsp3) is 0.320. The summed E-state index contributed by atoms with van der Waals surface area (Å²) >= 11 is 6.57. The summed E-state index contributed by atoms with van der Waals surface area (Å²) in [5, 5.41) is 6.80. The number of hydrogen-bond donors (Lipinski definition) is 2. The minimum Gasteiger partial charge on any atom is -0.362 e. The molecule has 1 atom stereocenters. The maximum atomic E-state index is 13.5. The molecule has 1 amide bonds. The van der Waals surface area contributed by atoms with Gasteiger partial charge in [-0.05, 0) is 49.4 Å². The number of pyridine rings is 1. The monoisotopic (exact) mass is 435 g/mol. The minimum absolute atomic E-state index is 0.0511. The first-order chi connectivity index (χ1) is 14.7. The molecule has 31 heavy (non-hydrogen) atoms. The minimum atomic E-state index is -0.529. The Balaban J connectivity index is 1.83. The van der Waals surface area contributed by atoms with E-state index >= 15 is 0 Å². The molecule has 0 saturated heterocycles. The number of Topliss-reactive ketones (excluding diaryl/α,β-unsaturated/α-hetero) is 1. The smallest absolute Gasteiger partial charge is 0.255 e. The van der Waals surface area contributed by atoms with Gasteiger partial charge in [0.25, 0.3) is 5.91 Å². The maximum Gasteiger partial charge on any atom is 0.255 e. The van der Waals surface area contributed by atoms with Gasteiger partial charge in [0, 0.05) is 45.6 Å². The standard InChI is InChI=1S/C25H26ClN3O2/c1-14-8-7-11-20(27-14)29-24(31)21-15(2)28-18-12-25(3,4)13-19(30)23(18)22(21)16-9-5-6-10-17(16)26/h5-11,22,28H,12-13H2,1-4H3,(H,27,29,31)/t22-/m1/s1. The van der Waals surface area contributed by atoms with E-state index < -0.39 is 5.92 Å². The van der Waals surface area contributed by atoms with E-state index in [1.54, 1.807) is 12.1 Å². The van der Waals surface area contributed by atoms with Crippen molar-refractivity contribution >= 4 is 29.1 Å². The number of hydrogen-bond acceptors (Lipinski definition) is 4. The van der Waals surface area contributed by atoms with E-state index in [1.807, 2.05) is 44.2 Å². The Labute approximate surface area is 187 Å². The molecule has 2 aromatic rings. The number of benzene rings is 1. The molecule has 160 valence electrons. The SMILES string of the molecule is CC1=C(C(=O)Nc2cccc(C)n2)[C@@H](c2ccccc2Cl)C2=C(CC(C)(C)CC2=O)N1. The highest BCUT2D eigenvalue weighted by molar-refractivity contribution is 6.31. The van der Waals surface area contributed by atoms with Crippen LogP contribution in [0, 0.1) is 12.3 Å². The highest BCUT2D eigenvalue weighted by Gasteiger charge is 2.43. The van der Waals surface area contributed by atoms with Crippen LogP contribution in [0.5, 0.6) is 0 Å². The molecule has 0 saturated carbocycles. The van der Waals surface area contributed by atoms with Crippen LogP contribution in [0.3, 0.4) is 0 Å². The van der Waals surface area contributed by atoms with E-state index in [4.69, 9.17) is 11.6 Å². The van der Waals surface area contributed by atoms with Gasteiger partial charge in [0.05, 0.1) is 0 Å². The summed E-state index contributed by atoms with van der Waals surface area (Å²) < 4.78 is 0. The van der Waals surface area contributed by atoms with Crippen LogP contribution in [0.2, 0.25) is 5.02 Å². The highest BCUT2D eigenvalue weighted by Crippen LogP contribution is 2.47.